The Morgan fingerprint density at radius 3 is 2.21 bits per heavy atom. The molecule has 19 heavy (non-hydrogen) atoms. The summed E-state index contributed by atoms with van der Waals surface area (Å²) in [6.45, 7) is 4.59. The lowest BCUT2D eigenvalue weighted by atomic mass is 10.1. The highest BCUT2D eigenvalue weighted by atomic mass is 16.5. The van der Waals surface area contributed by atoms with Gasteiger partial charge in [-0.2, -0.15) is 0 Å². The molecule has 5 heteroatoms. The lowest BCUT2D eigenvalue weighted by molar-refractivity contribution is 0.190. The van der Waals surface area contributed by atoms with E-state index in [4.69, 9.17) is 15.2 Å². The van der Waals surface area contributed by atoms with Crippen molar-refractivity contribution in [3.63, 3.8) is 0 Å². The Balaban J connectivity index is 2.85. The molecule has 0 saturated carbocycles. The number of hydrogen-bond donors (Lipinski definition) is 2. The maximum atomic E-state index is 9.99. The average Bonchev–Trinajstić information content (AvgIpc) is 2.38. The second-order valence-corrected chi connectivity index (χ2v) is 4.50. The summed E-state index contributed by atoms with van der Waals surface area (Å²) in [6, 6.07) is 5.39. The lowest BCUT2D eigenvalue weighted by Gasteiger charge is -2.25. The molecule has 1 aromatic rings. The quantitative estimate of drug-likeness (QED) is 0.748. The normalized spacial score (nSPS) is 12.4. The van der Waals surface area contributed by atoms with Crippen molar-refractivity contribution in [3.05, 3.63) is 23.8 Å². The molecule has 5 nitrogen and oxygen atoms in total. The molecule has 0 aliphatic rings. The van der Waals surface area contributed by atoms with Crippen LogP contribution in [0.25, 0.3) is 0 Å². The first kappa shape index (κ1) is 15.8. The summed E-state index contributed by atoms with van der Waals surface area (Å²) in [7, 11) is 3.34. The predicted octanol–water partition coefficient (Wildman–Crippen LogP) is 1.51. The number of ether oxygens (including phenoxy) is 2. The van der Waals surface area contributed by atoms with Crippen LogP contribution in [0.15, 0.2) is 18.2 Å². The molecule has 0 saturated heterocycles. The molecule has 0 heterocycles. The van der Waals surface area contributed by atoms with E-state index in [2.05, 4.69) is 4.90 Å². The standard InChI is InChI=1S/C14H24N2O3/c1-11(15)13-5-4-12(10-14(13)17)16(6-8-18-2)7-9-19-3/h4-5,10-11,17H,6-9,15H2,1-3H3. The van der Waals surface area contributed by atoms with Crippen molar-refractivity contribution in [2.75, 3.05) is 45.4 Å². The Morgan fingerprint density at radius 1 is 1.21 bits per heavy atom. The molecule has 1 aromatic carbocycles. The molecule has 0 aliphatic heterocycles. The van der Waals surface area contributed by atoms with Gasteiger partial charge in [-0.15, -0.1) is 0 Å². The van der Waals surface area contributed by atoms with E-state index in [1.54, 1.807) is 20.3 Å². The molecule has 0 aliphatic carbocycles. The molecule has 108 valence electrons. The largest absolute Gasteiger partial charge is 0.508 e. The van der Waals surface area contributed by atoms with Gasteiger partial charge in [0.2, 0.25) is 0 Å². The van der Waals surface area contributed by atoms with Crippen molar-refractivity contribution in [1.82, 2.24) is 0 Å². The van der Waals surface area contributed by atoms with Crippen LogP contribution in [-0.4, -0.2) is 45.6 Å². The van der Waals surface area contributed by atoms with E-state index in [1.165, 1.54) is 0 Å². The summed E-state index contributed by atoms with van der Waals surface area (Å²) >= 11 is 0. The van der Waals surface area contributed by atoms with Crippen LogP contribution in [-0.2, 0) is 9.47 Å². The number of phenolic OH excluding ortho intramolecular Hbond substituents is 1. The minimum absolute atomic E-state index is 0.180. The summed E-state index contributed by atoms with van der Waals surface area (Å²) in [5.41, 5.74) is 7.48. The van der Waals surface area contributed by atoms with Crippen LogP contribution >= 0.6 is 0 Å². The zero-order valence-electron chi connectivity index (χ0n) is 11.9. The van der Waals surface area contributed by atoms with Gasteiger partial charge in [0.25, 0.3) is 0 Å². The topological polar surface area (TPSA) is 68.0 Å². The van der Waals surface area contributed by atoms with E-state index in [1.807, 2.05) is 19.1 Å². The van der Waals surface area contributed by atoms with Gasteiger partial charge in [-0.1, -0.05) is 6.07 Å². The molecule has 1 unspecified atom stereocenters. The minimum Gasteiger partial charge on any atom is -0.508 e. The summed E-state index contributed by atoms with van der Waals surface area (Å²) in [5, 5.41) is 9.99. The molecule has 0 radical (unpaired) electrons. The molecule has 0 spiro atoms. The van der Waals surface area contributed by atoms with Gasteiger partial charge in [-0.3, -0.25) is 0 Å². The van der Waals surface area contributed by atoms with Crippen molar-refractivity contribution in [1.29, 1.82) is 0 Å². The Morgan fingerprint density at radius 2 is 1.79 bits per heavy atom. The van der Waals surface area contributed by atoms with E-state index in [0.29, 0.717) is 13.2 Å². The fraction of sp³-hybridized carbons (Fsp3) is 0.571. The minimum atomic E-state index is -0.180. The Bertz CT molecular complexity index is 375. The van der Waals surface area contributed by atoms with E-state index < -0.39 is 0 Å². The summed E-state index contributed by atoms with van der Waals surface area (Å²) in [4.78, 5) is 2.11. The molecule has 3 N–H and O–H groups in total. The first-order valence-electron chi connectivity index (χ1n) is 6.41. The number of rotatable bonds is 8. The monoisotopic (exact) mass is 268 g/mol. The maximum Gasteiger partial charge on any atom is 0.122 e. The van der Waals surface area contributed by atoms with Crippen molar-refractivity contribution in [2.45, 2.75) is 13.0 Å². The van der Waals surface area contributed by atoms with Gasteiger partial charge in [-0.25, -0.2) is 0 Å². The highest BCUT2D eigenvalue weighted by Crippen LogP contribution is 2.28. The van der Waals surface area contributed by atoms with Crippen molar-refractivity contribution >= 4 is 5.69 Å². The van der Waals surface area contributed by atoms with E-state index >= 15 is 0 Å². The van der Waals surface area contributed by atoms with Crippen LogP contribution in [0.4, 0.5) is 5.69 Å². The number of phenols is 1. The Labute approximate surface area is 114 Å². The van der Waals surface area contributed by atoms with Gasteiger partial charge in [0.05, 0.1) is 13.2 Å². The van der Waals surface area contributed by atoms with Gasteiger partial charge in [0.15, 0.2) is 0 Å². The third-order valence-electron chi connectivity index (χ3n) is 3.00. The lowest BCUT2D eigenvalue weighted by Crippen LogP contribution is -2.30. The molecule has 1 rings (SSSR count). The first-order valence-corrected chi connectivity index (χ1v) is 6.41. The van der Waals surface area contributed by atoms with Crippen LogP contribution in [0.3, 0.4) is 0 Å². The predicted molar refractivity (Wildman–Crippen MR) is 76.7 cm³/mol. The van der Waals surface area contributed by atoms with Crippen LogP contribution in [0.1, 0.15) is 18.5 Å². The smallest absolute Gasteiger partial charge is 0.122 e. The van der Waals surface area contributed by atoms with E-state index in [-0.39, 0.29) is 11.8 Å². The first-order chi connectivity index (χ1) is 9.10. The highest BCUT2D eigenvalue weighted by molar-refractivity contribution is 5.54. The van der Waals surface area contributed by atoms with Gasteiger partial charge >= 0.3 is 0 Å². The number of nitrogens with two attached hydrogens (primary N) is 1. The number of hydrogen-bond acceptors (Lipinski definition) is 5. The zero-order valence-corrected chi connectivity index (χ0v) is 11.9. The number of methoxy groups -OCH3 is 2. The van der Waals surface area contributed by atoms with Gasteiger partial charge in [0.1, 0.15) is 5.75 Å². The molecule has 1 atom stereocenters. The average molecular weight is 268 g/mol. The van der Waals surface area contributed by atoms with Crippen LogP contribution in [0, 0.1) is 0 Å². The molecule has 0 bridgehead atoms. The van der Waals surface area contributed by atoms with Crippen molar-refractivity contribution in [3.8, 4) is 5.75 Å². The zero-order chi connectivity index (χ0) is 14.3. The SMILES string of the molecule is COCCN(CCOC)c1ccc(C(C)N)c(O)c1. The molecule has 0 amide bonds. The molecule has 0 aromatic heterocycles. The molecule has 0 fully saturated rings. The molecular weight excluding hydrogens is 244 g/mol. The molecular formula is C14H24N2O3. The van der Waals surface area contributed by atoms with Gasteiger partial charge in [0, 0.05) is 50.7 Å². The number of anilines is 1. The second kappa shape index (κ2) is 7.99. The van der Waals surface area contributed by atoms with Crippen molar-refractivity contribution < 1.29 is 14.6 Å². The second-order valence-electron chi connectivity index (χ2n) is 4.50. The van der Waals surface area contributed by atoms with Crippen LogP contribution < -0.4 is 10.6 Å². The fourth-order valence-electron chi connectivity index (χ4n) is 1.89. The number of benzene rings is 1. The summed E-state index contributed by atoms with van der Waals surface area (Å²) in [5.74, 6) is 0.229. The van der Waals surface area contributed by atoms with Crippen LogP contribution in [0.5, 0.6) is 5.75 Å². The Kier molecular flexibility index (Phi) is 6.62. The van der Waals surface area contributed by atoms with E-state index in [0.717, 1.165) is 24.3 Å². The highest BCUT2D eigenvalue weighted by Gasteiger charge is 2.11. The van der Waals surface area contributed by atoms with Crippen molar-refractivity contribution in [2.24, 2.45) is 5.73 Å². The van der Waals surface area contributed by atoms with E-state index in [9.17, 15) is 5.11 Å². The number of aromatic hydroxyl groups is 1. The van der Waals surface area contributed by atoms with Gasteiger partial charge < -0.3 is 25.2 Å². The maximum absolute atomic E-state index is 9.99. The third-order valence-corrected chi connectivity index (χ3v) is 3.00. The Hall–Kier alpha value is -1.30. The van der Waals surface area contributed by atoms with Crippen LogP contribution in [0.2, 0.25) is 0 Å². The van der Waals surface area contributed by atoms with Gasteiger partial charge in [-0.05, 0) is 13.0 Å². The summed E-state index contributed by atoms with van der Waals surface area (Å²) < 4.78 is 10.2. The third kappa shape index (κ3) is 4.70. The number of nitrogens with zero attached hydrogens (tertiary/aromatic N) is 1. The fourth-order valence-corrected chi connectivity index (χ4v) is 1.89. The summed E-state index contributed by atoms with van der Waals surface area (Å²) in [6.07, 6.45) is 0.